The van der Waals surface area contributed by atoms with Crippen LogP contribution in [0.2, 0.25) is 0 Å². The van der Waals surface area contributed by atoms with Crippen LogP contribution in [-0.2, 0) is 4.74 Å². The molecule has 1 unspecified atom stereocenters. The first-order valence-corrected chi connectivity index (χ1v) is 6.88. The average Bonchev–Trinajstić information content (AvgIpc) is 2.40. The van der Waals surface area contributed by atoms with E-state index in [1.807, 2.05) is 12.1 Å². The van der Waals surface area contributed by atoms with E-state index in [1.54, 1.807) is 6.20 Å². The Morgan fingerprint density at radius 3 is 3.00 bits per heavy atom. The van der Waals surface area contributed by atoms with Gasteiger partial charge in [-0.1, -0.05) is 12.2 Å². The summed E-state index contributed by atoms with van der Waals surface area (Å²) in [6, 6.07) is 4.02. The first-order chi connectivity index (χ1) is 9.15. The van der Waals surface area contributed by atoms with Crippen molar-refractivity contribution in [1.82, 2.24) is 9.88 Å². The smallest absolute Gasteiger partial charge is 0.126 e. The standard InChI is InChI=1S/C13H20N4OS/c1-10(9-17-4-6-18-7-5-17)16-12-8-11(13(14)19)2-3-15-12/h2-3,8,10H,4-7,9H2,1H3,(H2,14,19)(H,15,16). The van der Waals surface area contributed by atoms with Crippen LogP contribution in [0.15, 0.2) is 18.3 Å². The van der Waals surface area contributed by atoms with E-state index in [2.05, 4.69) is 22.1 Å². The van der Waals surface area contributed by atoms with Crippen molar-refractivity contribution in [1.29, 1.82) is 0 Å². The van der Waals surface area contributed by atoms with E-state index >= 15 is 0 Å². The van der Waals surface area contributed by atoms with Gasteiger partial charge in [-0.05, 0) is 19.1 Å². The third-order valence-corrected chi connectivity index (χ3v) is 3.31. The van der Waals surface area contributed by atoms with Crippen molar-refractivity contribution in [3.8, 4) is 0 Å². The van der Waals surface area contributed by atoms with Gasteiger partial charge in [-0.25, -0.2) is 4.98 Å². The topological polar surface area (TPSA) is 63.4 Å². The minimum absolute atomic E-state index is 0.312. The molecule has 2 rings (SSSR count). The molecule has 1 fully saturated rings. The van der Waals surface area contributed by atoms with E-state index in [0.29, 0.717) is 11.0 Å². The summed E-state index contributed by atoms with van der Waals surface area (Å²) in [5.41, 5.74) is 6.46. The largest absolute Gasteiger partial charge is 0.389 e. The molecule has 0 bridgehead atoms. The van der Waals surface area contributed by atoms with Crippen molar-refractivity contribution in [3.05, 3.63) is 23.9 Å². The zero-order chi connectivity index (χ0) is 13.7. The lowest BCUT2D eigenvalue weighted by molar-refractivity contribution is 0.0368. The Morgan fingerprint density at radius 1 is 1.58 bits per heavy atom. The van der Waals surface area contributed by atoms with E-state index in [1.165, 1.54) is 0 Å². The minimum Gasteiger partial charge on any atom is -0.389 e. The molecule has 0 amide bonds. The van der Waals surface area contributed by atoms with Crippen LogP contribution >= 0.6 is 12.2 Å². The van der Waals surface area contributed by atoms with E-state index in [-0.39, 0.29) is 0 Å². The highest BCUT2D eigenvalue weighted by atomic mass is 32.1. The molecule has 6 heteroatoms. The van der Waals surface area contributed by atoms with Crippen molar-refractivity contribution in [2.75, 3.05) is 38.2 Å². The van der Waals surface area contributed by atoms with Crippen LogP contribution in [-0.4, -0.2) is 53.8 Å². The van der Waals surface area contributed by atoms with Crippen LogP contribution < -0.4 is 11.1 Å². The number of ether oxygens (including phenoxy) is 1. The highest BCUT2D eigenvalue weighted by Crippen LogP contribution is 2.09. The van der Waals surface area contributed by atoms with Gasteiger partial charge in [0.1, 0.15) is 10.8 Å². The Labute approximate surface area is 119 Å². The molecular weight excluding hydrogens is 260 g/mol. The third-order valence-electron chi connectivity index (χ3n) is 3.07. The summed E-state index contributed by atoms with van der Waals surface area (Å²) in [5, 5.41) is 3.38. The molecule has 104 valence electrons. The molecule has 3 N–H and O–H groups in total. The average molecular weight is 280 g/mol. The number of nitrogens with zero attached hydrogens (tertiary/aromatic N) is 2. The highest BCUT2D eigenvalue weighted by Gasteiger charge is 2.13. The maximum Gasteiger partial charge on any atom is 0.126 e. The molecule has 1 aromatic rings. The van der Waals surface area contributed by atoms with Crippen molar-refractivity contribution in [3.63, 3.8) is 0 Å². The van der Waals surface area contributed by atoms with Gasteiger partial charge in [0.15, 0.2) is 0 Å². The Morgan fingerprint density at radius 2 is 2.32 bits per heavy atom. The molecule has 1 atom stereocenters. The van der Waals surface area contributed by atoms with Crippen molar-refractivity contribution in [2.45, 2.75) is 13.0 Å². The molecule has 0 spiro atoms. The predicted octanol–water partition coefficient (Wildman–Crippen LogP) is 0.848. The van der Waals surface area contributed by atoms with Gasteiger partial charge in [0, 0.05) is 37.4 Å². The lowest BCUT2D eigenvalue weighted by Gasteiger charge is -2.29. The maximum absolute atomic E-state index is 5.62. The van der Waals surface area contributed by atoms with Crippen LogP contribution in [0, 0.1) is 0 Å². The summed E-state index contributed by atoms with van der Waals surface area (Å²) in [7, 11) is 0. The van der Waals surface area contributed by atoms with Gasteiger partial charge >= 0.3 is 0 Å². The van der Waals surface area contributed by atoms with Crippen LogP contribution in [0.4, 0.5) is 5.82 Å². The number of nitrogens with two attached hydrogens (primary N) is 1. The zero-order valence-corrected chi connectivity index (χ0v) is 11.9. The van der Waals surface area contributed by atoms with Gasteiger partial charge in [0.25, 0.3) is 0 Å². The molecule has 1 aliphatic rings. The second-order valence-electron chi connectivity index (χ2n) is 4.75. The number of rotatable bonds is 5. The van der Waals surface area contributed by atoms with Crippen molar-refractivity contribution < 1.29 is 4.74 Å². The normalized spacial score (nSPS) is 17.9. The molecule has 0 saturated carbocycles. The monoisotopic (exact) mass is 280 g/mol. The Balaban J connectivity index is 1.88. The summed E-state index contributed by atoms with van der Waals surface area (Å²) in [4.78, 5) is 7.07. The number of anilines is 1. The second kappa shape index (κ2) is 6.79. The Kier molecular flexibility index (Phi) is 5.07. The molecule has 0 aromatic carbocycles. The van der Waals surface area contributed by atoms with E-state index in [0.717, 1.165) is 44.2 Å². The fourth-order valence-electron chi connectivity index (χ4n) is 2.13. The Hall–Kier alpha value is -1.24. The summed E-state index contributed by atoms with van der Waals surface area (Å²) >= 11 is 4.97. The molecule has 1 aromatic heterocycles. The molecule has 0 aliphatic carbocycles. The van der Waals surface area contributed by atoms with Crippen molar-refractivity contribution in [2.24, 2.45) is 5.73 Å². The second-order valence-corrected chi connectivity index (χ2v) is 5.19. The maximum atomic E-state index is 5.62. The molecule has 2 heterocycles. The van der Waals surface area contributed by atoms with E-state index < -0.39 is 0 Å². The highest BCUT2D eigenvalue weighted by molar-refractivity contribution is 7.80. The summed E-state index contributed by atoms with van der Waals surface area (Å²) in [6.45, 7) is 6.75. The quantitative estimate of drug-likeness (QED) is 0.780. The molecule has 5 nitrogen and oxygen atoms in total. The summed E-state index contributed by atoms with van der Waals surface area (Å²) < 4.78 is 5.34. The fourth-order valence-corrected chi connectivity index (χ4v) is 2.26. The van der Waals surface area contributed by atoms with Gasteiger partial charge in [0.2, 0.25) is 0 Å². The van der Waals surface area contributed by atoms with Gasteiger partial charge in [-0.3, -0.25) is 4.90 Å². The number of hydrogen-bond acceptors (Lipinski definition) is 5. The van der Waals surface area contributed by atoms with Crippen LogP contribution in [0.3, 0.4) is 0 Å². The molecule has 0 radical (unpaired) electrons. The third kappa shape index (κ3) is 4.41. The molecular formula is C13H20N4OS. The van der Waals surface area contributed by atoms with Gasteiger partial charge in [-0.2, -0.15) is 0 Å². The van der Waals surface area contributed by atoms with Crippen LogP contribution in [0.5, 0.6) is 0 Å². The SMILES string of the molecule is CC(CN1CCOCC1)Nc1cc(C(N)=S)ccn1. The lowest BCUT2D eigenvalue weighted by atomic mass is 10.2. The van der Waals surface area contributed by atoms with Crippen LogP contribution in [0.1, 0.15) is 12.5 Å². The fraction of sp³-hybridized carbons (Fsp3) is 0.538. The van der Waals surface area contributed by atoms with Gasteiger partial charge in [-0.15, -0.1) is 0 Å². The number of hydrogen-bond donors (Lipinski definition) is 2. The summed E-state index contributed by atoms with van der Waals surface area (Å²) in [6.07, 6.45) is 1.72. The lowest BCUT2D eigenvalue weighted by Crippen LogP contribution is -2.42. The zero-order valence-electron chi connectivity index (χ0n) is 11.1. The van der Waals surface area contributed by atoms with Crippen LogP contribution in [0.25, 0.3) is 0 Å². The predicted molar refractivity (Wildman–Crippen MR) is 80.5 cm³/mol. The number of nitrogens with one attached hydrogen (secondary N) is 1. The van der Waals surface area contributed by atoms with Crippen molar-refractivity contribution >= 4 is 23.0 Å². The molecule has 19 heavy (non-hydrogen) atoms. The number of pyridine rings is 1. The van der Waals surface area contributed by atoms with Gasteiger partial charge in [0.05, 0.1) is 13.2 Å². The number of morpholine rings is 1. The molecule has 1 aliphatic heterocycles. The van der Waals surface area contributed by atoms with E-state index in [9.17, 15) is 0 Å². The number of thiocarbonyl (C=S) groups is 1. The first kappa shape index (κ1) is 14.2. The molecule has 1 saturated heterocycles. The van der Waals surface area contributed by atoms with Gasteiger partial charge < -0.3 is 15.8 Å². The minimum atomic E-state index is 0.312. The first-order valence-electron chi connectivity index (χ1n) is 6.47. The van der Waals surface area contributed by atoms with E-state index in [4.69, 9.17) is 22.7 Å². The Bertz CT molecular complexity index is 434. The number of aromatic nitrogens is 1. The summed E-state index contributed by atoms with van der Waals surface area (Å²) in [5.74, 6) is 0.811.